The maximum Gasteiger partial charge on any atom is 0.271 e. The molecule has 2 heterocycles. The van der Waals surface area contributed by atoms with Gasteiger partial charge in [0.2, 0.25) is 0 Å². The number of furan rings is 1. The molecule has 1 aliphatic carbocycles. The molecule has 0 saturated carbocycles. The molecule has 6 heteroatoms. The van der Waals surface area contributed by atoms with E-state index in [4.69, 9.17) is 4.42 Å². The fourth-order valence-electron chi connectivity index (χ4n) is 3.03. The van der Waals surface area contributed by atoms with Gasteiger partial charge in [0.05, 0.1) is 0 Å². The van der Waals surface area contributed by atoms with Crippen LogP contribution in [0.5, 0.6) is 5.75 Å². The van der Waals surface area contributed by atoms with Gasteiger partial charge < -0.3 is 14.8 Å². The van der Waals surface area contributed by atoms with Crippen LogP contribution in [-0.2, 0) is 12.8 Å². The van der Waals surface area contributed by atoms with Crippen molar-refractivity contribution in [2.45, 2.75) is 25.8 Å². The number of thiazole rings is 1. The summed E-state index contributed by atoms with van der Waals surface area (Å²) in [7, 11) is 0. The first-order chi connectivity index (χ1) is 11.6. The normalized spacial score (nSPS) is 16.1. The molecule has 1 aromatic carbocycles. The highest BCUT2D eigenvalue weighted by atomic mass is 32.1. The van der Waals surface area contributed by atoms with Crippen molar-refractivity contribution in [1.29, 1.82) is 0 Å². The van der Waals surface area contributed by atoms with Crippen molar-refractivity contribution in [1.82, 2.24) is 10.3 Å². The minimum absolute atomic E-state index is 0.0168. The van der Waals surface area contributed by atoms with Crippen molar-refractivity contribution in [3.8, 4) is 16.5 Å². The van der Waals surface area contributed by atoms with Gasteiger partial charge in [-0.1, -0.05) is 12.1 Å². The molecule has 0 aliphatic heterocycles. The van der Waals surface area contributed by atoms with E-state index in [0.717, 1.165) is 23.3 Å². The number of amides is 1. The maximum atomic E-state index is 12.4. The third-order valence-electron chi connectivity index (χ3n) is 4.19. The van der Waals surface area contributed by atoms with Crippen molar-refractivity contribution >= 4 is 17.2 Å². The average Bonchev–Trinajstić information content (AvgIpc) is 3.25. The zero-order chi connectivity index (χ0) is 16.7. The molecule has 3 aromatic rings. The minimum Gasteiger partial charge on any atom is -0.508 e. The Morgan fingerprint density at radius 1 is 1.33 bits per heavy atom. The molecule has 1 aliphatic rings. The van der Waals surface area contributed by atoms with Crippen LogP contribution in [0.4, 0.5) is 0 Å². The van der Waals surface area contributed by atoms with Crippen LogP contribution in [0.3, 0.4) is 0 Å². The molecule has 24 heavy (non-hydrogen) atoms. The molecule has 1 unspecified atom stereocenters. The molecule has 0 saturated heterocycles. The molecular weight excluding hydrogens is 324 g/mol. The first-order valence-corrected chi connectivity index (χ1v) is 8.61. The van der Waals surface area contributed by atoms with E-state index in [1.165, 1.54) is 11.3 Å². The lowest BCUT2D eigenvalue weighted by Crippen LogP contribution is -2.35. The molecule has 122 valence electrons. The summed E-state index contributed by atoms with van der Waals surface area (Å²) in [5.74, 6) is 1.59. The van der Waals surface area contributed by atoms with Crippen LogP contribution in [0.1, 0.15) is 27.4 Å². The standard InChI is InChI=1S/C18H16N2O3S/c1-10-5-6-16(23-10)18-20-14(9-24-18)17(22)19-12-7-11-3-2-4-15(21)13(11)8-12/h2-6,9,12,21H,7-8H2,1H3,(H,19,22). The summed E-state index contributed by atoms with van der Waals surface area (Å²) >= 11 is 1.39. The smallest absolute Gasteiger partial charge is 0.271 e. The Morgan fingerprint density at radius 2 is 2.21 bits per heavy atom. The molecule has 0 radical (unpaired) electrons. The molecule has 0 fully saturated rings. The van der Waals surface area contributed by atoms with Gasteiger partial charge in [0.25, 0.3) is 5.91 Å². The summed E-state index contributed by atoms with van der Waals surface area (Å²) in [5.41, 5.74) is 2.40. The largest absolute Gasteiger partial charge is 0.508 e. The molecule has 4 rings (SSSR count). The van der Waals surface area contributed by atoms with Crippen LogP contribution in [0.15, 0.2) is 40.1 Å². The molecule has 5 nitrogen and oxygen atoms in total. The fourth-order valence-corrected chi connectivity index (χ4v) is 3.79. The van der Waals surface area contributed by atoms with Crippen molar-refractivity contribution in [3.63, 3.8) is 0 Å². The first-order valence-electron chi connectivity index (χ1n) is 7.73. The number of carbonyl (C=O) groups excluding carboxylic acids is 1. The van der Waals surface area contributed by atoms with Gasteiger partial charge in [-0.15, -0.1) is 11.3 Å². The lowest BCUT2D eigenvalue weighted by molar-refractivity contribution is 0.0934. The lowest BCUT2D eigenvalue weighted by atomic mass is 10.1. The Bertz CT molecular complexity index is 913. The maximum absolute atomic E-state index is 12.4. The second-order valence-electron chi connectivity index (χ2n) is 5.94. The lowest BCUT2D eigenvalue weighted by Gasteiger charge is -2.10. The number of hydrogen-bond donors (Lipinski definition) is 2. The predicted molar refractivity (Wildman–Crippen MR) is 91.3 cm³/mol. The van der Waals surface area contributed by atoms with Crippen molar-refractivity contribution in [3.05, 3.63) is 58.3 Å². The highest BCUT2D eigenvalue weighted by Crippen LogP contribution is 2.30. The highest BCUT2D eigenvalue weighted by molar-refractivity contribution is 7.13. The molecule has 0 bridgehead atoms. The summed E-state index contributed by atoms with van der Waals surface area (Å²) in [6, 6.07) is 9.21. The van der Waals surface area contributed by atoms with Crippen LogP contribution in [0.2, 0.25) is 0 Å². The SMILES string of the molecule is Cc1ccc(-c2nc(C(=O)NC3Cc4cccc(O)c4C3)cs2)o1. The number of nitrogens with one attached hydrogen (secondary N) is 1. The highest BCUT2D eigenvalue weighted by Gasteiger charge is 2.26. The Morgan fingerprint density at radius 3 is 2.96 bits per heavy atom. The van der Waals surface area contributed by atoms with Crippen LogP contribution >= 0.6 is 11.3 Å². The molecule has 0 spiro atoms. The van der Waals surface area contributed by atoms with Crippen LogP contribution in [0, 0.1) is 6.92 Å². The van der Waals surface area contributed by atoms with Crippen molar-refractivity contribution < 1.29 is 14.3 Å². The summed E-state index contributed by atoms with van der Waals surface area (Å²) < 4.78 is 5.54. The van der Waals surface area contributed by atoms with Gasteiger partial charge in [-0.05, 0) is 49.1 Å². The average molecular weight is 340 g/mol. The second kappa shape index (κ2) is 5.79. The van der Waals surface area contributed by atoms with E-state index >= 15 is 0 Å². The van der Waals surface area contributed by atoms with E-state index in [1.807, 2.05) is 31.2 Å². The molecule has 1 amide bonds. The van der Waals surface area contributed by atoms with Gasteiger partial charge in [0.15, 0.2) is 10.8 Å². The molecule has 1 atom stereocenters. The number of hydrogen-bond acceptors (Lipinski definition) is 5. The van der Waals surface area contributed by atoms with E-state index in [1.54, 1.807) is 11.4 Å². The number of aromatic hydroxyl groups is 1. The first kappa shape index (κ1) is 15.0. The van der Waals surface area contributed by atoms with Gasteiger partial charge >= 0.3 is 0 Å². The molecule has 2 N–H and O–H groups in total. The number of nitrogens with zero attached hydrogens (tertiary/aromatic N) is 1. The molecular formula is C18H16N2O3S. The van der Waals surface area contributed by atoms with E-state index in [-0.39, 0.29) is 11.9 Å². The third-order valence-corrected chi connectivity index (χ3v) is 5.05. The number of aryl methyl sites for hydroxylation is 1. The number of phenolic OH excluding ortho intramolecular Hbond substituents is 1. The van der Waals surface area contributed by atoms with E-state index in [9.17, 15) is 9.90 Å². The van der Waals surface area contributed by atoms with E-state index in [0.29, 0.717) is 28.6 Å². The van der Waals surface area contributed by atoms with Crippen molar-refractivity contribution in [2.75, 3.05) is 0 Å². The number of carbonyl (C=O) groups is 1. The van der Waals surface area contributed by atoms with E-state index in [2.05, 4.69) is 10.3 Å². The number of benzene rings is 1. The van der Waals surface area contributed by atoms with Crippen LogP contribution < -0.4 is 5.32 Å². The van der Waals surface area contributed by atoms with Gasteiger partial charge in [-0.25, -0.2) is 4.98 Å². The van der Waals surface area contributed by atoms with Gasteiger partial charge in [-0.3, -0.25) is 4.79 Å². The van der Waals surface area contributed by atoms with Crippen LogP contribution in [0.25, 0.3) is 10.8 Å². The summed E-state index contributed by atoms with van der Waals surface area (Å²) in [4.78, 5) is 16.8. The zero-order valence-corrected chi connectivity index (χ0v) is 13.9. The summed E-state index contributed by atoms with van der Waals surface area (Å²) in [6.07, 6.45) is 1.37. The Balaban J connectivity index is 1.46. The number of fused-ring (bicyclic) bond motifs is 1. The fraction of sp³-hybridized carbons (Fsp3) is 0.222. The zero-order valence-electron chi connectivity index (χ0n) is 13.1. The number of aromatic nitrogens is 1. The van der Waals surface area contributed by atoms with E-state index < -0.39 is 0 Å². The molecule has 2 aromatic heterocycles. The number of phenols is 1. The third kappa shape index (κ3) is 2.69. The van der Waals surface area contributed by atoms with Crippen LogP contribution in [-0.4, -0.2) is 22.0 Å². The second-order valence-corrected chi connectivity index (χ2v) is 6.80. The summed E-state index contributed by atoms with van der Waals surface area (Å²) in [6.45, 7) is 1.87. The topological polar surface area (TPSA) is 75.4 Å². The minimum atomic E-state index is -0.196. The Hall–Kier alpha value is -2.60. The van der Waals surface area contributed by atoms with Gasteiger partial charge in [-0.2, -0.15) is 0 Å². The Kier molecular flexibility index (Phi) is 3.61. The van der Waals surface area contributed by atoms with Crippen molar-refractivity contribution in [2.24, 2.45) is 0 Å². The summed E-state index contributed by atoms with van der Waals surface area (Å²) in [5, 5.41) is 15.3. The van der Waals surface area contributed by atoms with Gasteiger partial charge in [0.1, 0.15) is 17.2 Å². The Labute approximate surface area is 143 Å². The quantitative estimate of drug-likeness (QED) is 0.767. The van der Waals surface area contributed by atoms with Gasteiger partial charge in [0, 0.05) is 11.4 Å². The number of rotatable bonds is 3. The predicted octanol–water partition coefficient (Wildman–Crippen LogP) is 3.31. The monoisotopic (exact) mass is 340 g/mol.